The first kappa shape index (κ1) is 26.7. The zero-order valence-electron chi connectivity index (χ0n) is 20.7. The zero-order valence-corrected chi connectivity index (χ0v) is 22.2. The van der Waals surface area contributed by atoms with E-state index in [4.69, 9.17) is 42.4 Å². The lowest BCUT2D eigenvalue weighted by Crippen LogP contribution is -2.37. The van der Waals surface area contributed by atoms with Gasteiger partial charge in [-0.05, 0) is 42.5 Å². The van der Waals surface area contributed by atoms with Crippen LogP contribution in [0.25, 0.3) is 22.0 Å². The minimum absolute atomic E-state index is 0.0217. The van der Waals surface area contributed by atoms with E-state index >= 15 is 0 Å². The fourth-order valence-electron chi connectivity index (χ4n) is 4.83. The lowest BCUT2D eigenvalue weighted by Gasteiger charge is -2.19. The van der Waals surface area contributed by atoms with Crippen molar-refractivity contribution in [3.8, 4) is 22.6 Å². The summed E-state index contributed by atoms with van der Waals surface area (Å²) in [6.07, 6.45) is 4.54. The van der Waals surface area contributed by atoms with E-state index in [-0.39, 0.29) is 29.8 Å². The molecule has 0 bridgehead atoms. The van der Waals surface area contributed by atoms with E-state index in [1.165, 1.54) is 27.4 Å². The van der Waals surface area contributed by atoms with Crippen molar-refractivity contribution in [1.82, 2.24) is 15.3 Å². The van der Waals surface area contributed by atoms with Gasteiger partial charge in [0.15, 0.2) is 0 Å². The Bertz CT molecular complexity index is 1340. The molecule has 1 aliphatic rings. The first-order chi connectivity index (χ1) is 17.8. The monoisotopic (exact) mass is 543 g/mol. The number of rotatable bonds is 8. The average Bonchev–Trinajstić information content (AvgIpc) is 3.30. The molecule has 1 amide bonds. The summed E-state index contributed by atoms with van der Waals surface area (Å²) in [5.41, 5.74) is 2.09. The van der Waals surface area contributed by atoms with Crippen molar-refractivity contribution in [2.24, 2.45) is 11.8 Å². The summed E-state index contributed by atoms with van der Waals surface area (Å²) in [5.74, 6) is 0.647. The van der Waals surface area contributed by atoms with Gasteiger partial charge in [-0.15, -0.1) is 0 Å². The normalized spacial score (nSPS) is 18.9. The Morgan fingerprint density at radius 1 is 1.11 bits per heavy atom. The lowest BCUT2D eigenvalue weighted by molar-refractivity contribution is -0.145. The van der Waals surface area contributed by atoms with Gasteiger partial charge >= 0.3 is 5.97 Å². The molecule has 0 spiro atoms. The molecule has 1 fully saturated rings. The Morgan fingerprint density at radius 3 is 2.43 bits per heavy atom. The molecule has 0 saturated heterocycles. The van der Waals surface area contributed by atoms with Crippen molar-refractivity contribution >= 4 is 46.0 Å². The van der Waals surface area contributed by atoms with Crippen molar-refractivity contribution in [3.63, 3.8) is 0 Å². The molecule has 1 N–H and O–H groups in total. The maximum Gasteiger partial charge on any atom is 0.308 e. The van der Waals surface area contributed by atoms with Crippen LogP contribution in [-0.2, 0) is 20.7 Å². The van der Waals surface area contributed by atoms with Crippen LogP contribution in [0.15, 0.2) is 43.1 Å². The van der Waals surface area contributed by atoms with Gasteiger partial charge in [-0.3, -0.25) is 9.59 Å². The highest BCUT2D eigenvalue weighted by atomic mass is 35.5. The summed E-state index contributed by atoms with van der Waals surface area (Å²) < 4.78 is 15.7. The number of methoxy groups -OCH3 is 3. The summed E-state index contributed by atoms with van der Waals surface area (Å²) in [6.45, 7) is 3.52. The second-order valence-electron chi connectivity index (χ2n) is 8.82. The molecule has 1 heterocycles. The van der Waals surface area contributed by atoms with Gasteiger partial charge in [0.05, 0.1) is 42.8 Å². The molecule has 194 valence electrons. The van der Waals surface area contributed by atoms with Gasteiger partial charge in [0.2, 0.25) is 5.91 Å². The topological polar surface area (TPSA) is 99.6 Å². The zero-order chi connectivity index (χ0) is 26.7. The predicted octanol–water partition coefficient (Wildman–Crippen LogP) is 5.03. The number of fused-ring (bicyclic) bond motifs is 1. The number of nitrogens with zero attached hydrogens (tertiary/aromatic N) is 2. The van der Waals surface area contributed by atoms with Gasteiger partial charge in [-0.1, -0.05) is 35.8 Å². The van der Waals surface area contributed by atoms with Crippen LogP contribution in [0.5, 0.6) is 11.5 Å². The number of ether oxygens (including phenoxy) is 3. The summed E-state index contributed by atoms with van der Waals surface area (Å²) in [5, 5.41) is 4.48. The number of hydrogen-bond donors (Lipinski definition) is 1. The Hall–Kier alpha value is -3.36. The number of halogens is 2. The second-order valence-corrected chi connectivity index (χ2v) is 9.57. The minimum atomic E-state index is -0.289. The lowest BCUT2D eigenvalue weighted by atomic mass is 9.98. The highest BCUT2D eigenvalue weighted by Crippen LogP contribution is 2.46. The number of benzene rings is 2. The van der Waals surface area contributed by atoms with Crippen LogP contribution in [0, 0.1) is 11.8 Å². The number of nitrogens with one attached hydrogen (secondary N) is 1. The second kappa shape index (κ2) is 11.4. The molecule has 0 radical (unpaired) electrons. The molecule has 3 atom stereocenters. The van der Waals surface area contributed by atoms with Gasteiger partial charge in [0, 0.05) is 35.7 Å². The van der Waals surface area contributed by atoms with Crippen LogP contribution >= 0.6 is 23.2 Å². The van der Waals surface area contributed by atoms with Gasteiger partial charge in [-0.2, -0.15) is 0 Å². The highest BCUT2D eigenvalue weighted by Gasteiger charge is 2.39. The summed E-state index contributed by atoms with van der Waals surface area (Å²) in [4.78, 5) is 33.4. The van der Waals surface area contributed by atoms with Crippen LogP contribution in [0.4, 0.5) is 0 Å². The maximum absolute atomic E-state index is 12.1. The van der Waals surface area contributed by atoms with Gasteiger partial charge in [-0.25, -0.2) is 9.97 Å². The minimum Gasteiger partial charge on any atom is -0.495 e. The first-order valence-corrected chi connectivity index (χ1v) is 12.4. The third kappa shape index (κ3) is 5.50. The smallest absolute Gasteiger partial charge is 0.308 e. The maximum atomic E-state index is 12.1. The molecular weight excluding hydrogens is 517 g/mol. The predicted molar refractivity (Wildman–Crippen MR) is 142 cm³/mol. The van der Waals surface area contributed by atoms with Crippen molar-refractivity contribution < 1.29 is 23.8 Å². The number of carbonyl (C=O) groups excluding carboxylic acids is 2. The Morgan fingerprint density at radius 2 is 1.81 bits per heavy atom. The van der Waals surface area contributed by atoms with E-state index in [0.29, 0.717) is 52.2 Å². The first-order valence-electron chi connectivity index (χ1n) is 11.7. The summed E-state index contributed by atoms with van der Waals surface area (Å²) >= 11 is 13.2. The van der Waals surface area contributed by atoms with E-state index in [0.717, 1.165) is 16.5 Å². The highest BCUT2D eigenvalue weighted by molar-refractivity contribution is 6.41. The van der Waals surface area contributed by atoms with Crippen molar-refractivity contribution in [3.05, 3.63) is 59.0 Å². The van der Waals surface area contributed by atoms with Gasteiger partial charge in [0.1, 0.15) is 17.3 Å². The third-order valence-electron chi connectivity index (χ3n) is 6.68. The molecule has 3 aromatic rings. The van der Waals surface area contributed by atoms with Crippen LogP contribution in [0.1, 0.15) is 18.7 Å². The van der Waals surface area contributed by atoms with Gasteiger partial charge < -0.3 is 19.5 Å². The number of esters is 1. The molecule has 1 aromatic heterocycles. The van der Waals surface area contributed by atoms with Crippen LogP contribution in [0.2, 0.25) is 10.0 Å². The fourth-order valence-corrected chi connectivity index (χ4v) is 5.55. The Labute approximate surface area is 224 Å². The van der Waals surface area contributed by atoms with Crippen molar-refractivity contribution in [2.75, 3.05) is 21.3 Å². The van der Waals surface area contributed by atoms with E-state index < -0.39 is 0 Å². The third-order valence-corrected chi connectivity index (χ3v) is 7.43. The van der Waals surface area contributed by atoms with Crippen LogP contribution in [0.3, 0.4) is 0 Å². The Balaban J connectivity index is 1.63. The Kier molecular flexibility index (Phi) is 8.19. The number of aromatic nitrogens is 2. The van der Waals surface area contributed by atoms with Crippen LogP contribution < -0.4 is 14.8 Å². The average molecular weight is 544 g/mol. The quantitative estimate of drug-likeness (QED) is 0.314. The van der Waals surface area contributed by atoms with E-state index in [9.17, 15) is 9.59 Å². The molecule has 1 saturated carbocycles. The molecule has 2 aromatic carbocycles. The standard InChI is InChI=1S/C27H27Cl2N3O5/c1-5-23(33)32-19-10-16(27(34)37-4)9-15(19)11-22-30-13-17-8-14(6-7-18(17)31-22)24-25(28)20(35-2)12-21(36-3)26(24)29/h5-8,12-13,15-16,19H,1,9-11H2,2-4H3,(H,32,33)/t15-,16-,19-/m0/s1. The van der Waals surface area contributed by atoms with Gasteiger partial charge in [0.25, 0.3) is 0 Å². The van der Waals surface area contributed by atoms with Crippen molar-refractivity contribution in [2.45, 2.75) is 25.3 Å². The van der Waals surface area contributed by atoms with E-state index in [2.05, 4.69) is 16.9 Å². The molecule has 0 aliphatic heterocycles. The molecule has 10 heteroatoms. The molecule has 37 heavy (non-hydrogen) atoms. The molecular formula is C27H27Cl2N3O5. The largest absolute Gasteiger partial charge is 0.495 e. The molecule has 8 nitrogen and oxygen atoms in total. The van der Waals surface area contributed by atoms with E-state index in [1.807, 2.05) is 18.2 Å². The molecule has 1 aliphatic carbocycles. The fraction of sp³-hybridized carbons (Fsp3) is 0.333. The molecule has 0 unspecified atom stereocenters. The number of amides is 1. The summed E-state index contributed by atoms with van der Waals surface area (Å²) in [7, 11) is 4.42. The van der Waals surface area contributed by atoms with Crippen molar-refractivity contribution in [1.29, 1.82) is 0 Å². The SMILES string of the molecule is C=CC(=O)N[C@H]1C[C@@H](C(=O)OC)C[C@H]1Cc1ncc2cc(-c3c(Cl)c(OC)cc(OC)c3Cl)ccc2n1. The van der Waals surface area contributed by atoms with E-state index in [1.54, 1.807) is 12.3 Å². The van der Waals surface area contributed by atoms with Crippen LogP contribution in [-0.4, -0.2) is 49.2 Å². The number of hydrogen-bond acceptors (Lipinski definition) is 7. The summed E-state index contributed by atoms with van der Waals surface area (Å²) in [6, 6.07) is 7.09. The molecule has 4 rings (SSSR count). The number of carbonyl (C=O) groups is 2.